The molecule has 3 amide bonds. The summed E-state index contributed by atoms with van der Waals surface area (Å²) < 4.78 is 6.12. The average molecular weight is 707 g/mol. The molecule has 0 spiro atoms. The third-order valence-electron chi connectivity index (χ3n) is 11.3. The van der Waals surface area contributed by atoms with E-state index in [2.05, 4.69) is 71.0 Å². The van der Waals surface area contributed by atoms with Crippen LogP contribution in [0.3, 0.4) is 0 Å². The van der Waals surface area contributed by atoms with Crippen molar-refractivity contribution < 1.29 is 19.1 Å². The predicted molar refractivity (Wildman–Crippen MR) is 202 cm³/mol. The number of amides is 3. The standard InChI is InChI=1S/C38H66N4O4S2/c1-13-23(5)34(22(3)4)37(45)40-28(10)32(47)20-25(7)35(24(6)14-2)31(46-12)21-33(43)42-18-15-16-30(42)26(8)27(9)36(44)41-29(11)38-39-17-19-48-38/h17,19,22-31,34-35H,13-16,18,20-21H2,1-12H3,(H,40,45)(H,41,44)/t23?,24-,25?,26+,27+,28-,29-,30-,31+,34?,35?/m1/s1. The van der Waals surface area contributed by atoms with Gasteiger partial charge in [-0.3, -0.25) is 14.4 Å². The van der Waals surface area contributed by atoms with Gasteiger partial charge >= 0.3 is 0 Å². The molecule has 0 aromatic carbocycles. The van der Waals surface area contributed by atoms with Crippen LogP contribution in [0.25, 0.3) is 0 Å². The van der Waals surface area contributed by atoms with Crippen LogP contribution in [-0.2, 0) is 19.1 Å². The minimum Gasteiger partial charge on any atom is -0.381 e. The molecule has 1 fully saturated rings. The number of likely N-dealkylation sites (tertiary alicyclic amines) is 1. The number of hydrogen-bond acceptors (Lipinski definition) is 7. The van der Waals surface area contributed by atoms with Gasteiger partial charge < -0.3 is 20.3 Å². The first-order chi connectivity index (χ1) is 22.6. The van der Waals surface area contributed by atoms with Gasteiger partial charge in [-0.15, -0.1) is 11.3 Å². The number of thiocarbonyl (C=S) groups is 1. The molecule has 1 saturated heterocycles. The van der Waals surface area contributed by atoms with Gasteiger partial charge in [0.25, 0.3) is 0 Å². The SMILES string of the molecule is CCC(C)C(C(=O)N[C@H](C)C(=S)CC(C)C([C@H](C)CC)[C@H](CC(=O)N1CCC[C@@H]1[C@@H](C)[C@H](C)C(=O)N[C@H](C)c1nccs1)OC)C(C)C. The maximum absolute atomic E-state index is 14.0. The Morgan fingerprint density at radius 3 is 2.15 bits per heavy atom. The molecular formula is C38H66N4O4S2. The molecule has 2 N–H and O–H groups in total. The highest BCUT2D eigenvalue weighted by atomic mass is 32.1. The van der Waals surface area contributed by atoms with E-state index in [9.17, 15) is 14.4 Å². The van der Waals surface area contributed by atoms with Crippen LogP contribution in [0, 0.1) is 47.3 Å². The maximum atomic E-state index is 14.0. The van der Waals surface area contributed by atoms with Crippen LogP contribution >= 0.6 is 23.6 Å². The van der Waals surface area contributed by atoms with Crippen molar-refractivity contribution in [3.63, 3.8) is 0 Å². The molecule has 0 aliphatic carbocycles. The van der Waals surface area contributed by atoms with Gasteiger partial charge in [0.15, 0.2) is 0 Å². The number of nitrogens with one attached hydrogen (secondary N) is 2. The quantitative estimate of drug-likeness (QED) is 0.134. The summed E-state index contributed by atoms with van der Waals surface area (Å²) in [6.45, 7) is 23.8. The first kappa shape index (κ1) is 42.3. The second kappa shape index (κ2) is 20.1. The van der Waals surface area contributed by atoms with E-state index in [4.69, 9.17) is 17.0 Å². The number of thiazole rings is 1. The van der Waals surface area contributed by atoms with E-state index in [0.717, 1.165) is 35.6 Å². The molecule has 11 atom stereocenters. The van der Waals surface area contributed by atoms with Crippen molar-refractivity contribution in [3.8, 4) is 0 Å². The zero-order chi connectivity index (χ0) is 36.3. The van der Waals surface area contributed by atoms with Gasteiger partial charge in [0.1, 0.15) is 5.01 Å². The van der Waals surface area contributed by atoms with Crippen LogP contribution in [0.1, 0.15) is 126 Å². The smallest absolute Gasteiger partial charge is 0.225 e. The van der Waals surface area contributed by atoms with E-state index < -0.39 is 0 Å². The number of hydrogen-bond donors (Lipinski definition) is 2. The molecule has 0 radical (unpaired) electrons. The summed E-state index contributed by atoms with van der Waals surface area (Å²) in [6.07, 6.45) is 6.20. The Morgan fingerprint density at radius 2 is 1.60 bits per heavy atom. The molecule has 274 valence electrons. The second-order valence-corrected chi connectivity index (χ2v) is 16.5. The summed E-state index contributed by atoms with van der Waals surface area (Å²) in [5, 5.41) is 9.15. The zero-order valence-corrected chi connectivity index (χ0v) is 33.5. The van der Waals surface area contributed by atoms with Crippen molar-refractivity contribution in [1.82, 2.24) is 20.5 Å². The van der Waals surface area contributed by atoms with Crippen molar-refractivity contribution in [2.45, 2.75) is 139 Å². The highest BCUT2D eigenvalue weighted by Gasteiger charge is 2.40. The number of carbonyl (C=O) groups excluding carboxylic acids is 3. The number of ether oxygens (including phenoxy) is 1. The Hall–Kier alpha value is -1.91. The van der Waals surface area contributed by atoms with Gasteiger partial charge in [0, 0.05) is 48.0 Å². The minimum atomic E-state index is -0.262. The lowest BCUT2D eigenvalue weighted by Gasteiger charge is -2.38. The summed E-state index contributed by atoms with van der Waals surface area (Å²) in [4.78, 5) is 47.7. The fraction of sp³-hybridized carbons (Fsp3) is 0.816. The summed E-state index contributed by atoms with van der Waals surface area (Å²) in [5.41, 5.74) is 0. The van der Waals surface area contributed by atoms with E-state index in [1.54, 1.807) is 13.3 Å². The van der Waals surface area contributed by atoms with Gasteiger partial charge in [-0.1, -0.05) is 87.4 Å². The van der Waals surface area contributed by atoms with Crippen molar-refractivity contribution in [2.75, 3.05) is 13.7 Å². The van der Waals surface area contributed by atoms with Crippen molar-refractivity contribution in [1.29, 1.82) is 0 Å². The van der Waals surface area contributed by atoms with Crippen molar-refractivity contribution in [3.05, 3.63) is 16.6 Å². The molecule has 2 heterocycles. The zero-order valence-electron chi connectivity index (χ0n) is 31.9. The van der Waals surface area contributed by atoms with Crippen LogP contribution in [0.15, 0.2) is 11.6 Å². The van der Waals surface area contributed by atoms with Gasteiger partial charge in [0.05, 0.1) is 24.6 Å². The van der Waals surface area contributed by atoms with Crippen LogP contribution in [0.5, 0.6) is 0 Å². The van der Waals surface area contributed by atoms with Crippen LogP contribution in [-0.4, -0.2) is 64.3 Å². The summed E-state index contributed by atoms with van der Waals surface area (Å²) in [5.74, 6) is 1.03. The van der Waals surface area contributed by atoms with E-state index >= 15 is 0 Å². The maximum Gasteiger partial charge on any atom is 0.225 e. The fourth-order valence-corrected chi connectivity index (χ4v) is 8.77. The monoisotopic (exact) mass is 706 g/mol. The Bertz CT molecular complexity index is 1160. The largest absolute Gasteiger partial charge is 0.381 e. The topological polar surface area (TPSA) is 101 Å². The number of nitrogens with zero attached hydrogens (tertiary/aromatic N) is 2. The van der Waals surface area contributed by atoms with Crippen LogP contribution in [0.2, 0.25) is 0 Å². The van der Waals surface area contributed by atoms with Crippen molar-refractivity contribution in [2.24, 2.45) is 47.3 Å². The molecule has 1 aromatic heterocycles. The Balaban J connectivity index is 2.10. The molecule has 0 bridgehead atoms. The molecule has 1 aliphatic heterocycles. The lowest BCUT2D eigenvalue weighted by molar-refractivity contribution is -0.139. The van der Waals surface area contributed by atoms with Gasteiger partial charge in [-0.05, 0) is 68.6 Å². The number of methoxy groups -OCH3 is 1. The molecule has 48 heavy (non-hydrogen) atoms. The summed E-state index contributed by atoms with van der Waals surface area (Å²) >= 11 is 7.46. The molecule has 4 unspecified atom stereocenters. The van der Waals surface area contributed by atoms with Gasteiger partial charge in [0.2, 0.25) is 17.7 Å². The Morgan fingerprint density at radius 1 is 0.958 bits per heavy atom. The predicted octanol–water partition coefficient (Wildman–Crippen LogP) is 7.87. The average Bonchev–Trinajstić information content (AvgIpc) is 3.76. The first-order valence-electron chi connectivity index (χ1n) is 18.4. The van der Waals surface area contributed by atoms with Gasteiger partial charge in [-0.2, -0.15) is 0 Å². The molecule has 8 nitrogen and oxygen atoms in total. The molecular weight excluding hydrogens is 641 g/mol. The Labute approximate surface area is 301 Å². The third-order valence-corrected chi connectivity index (χ3v) is 12.8. The van der Waals surface area contributed by atoms with Crippen LogP contribution < -0.4 is 10.6 Å². The second-order valence-electron chi connectivity index (χ2n) is 15.0. The van der Waals surface area contributed by atoms with E-state index in [1.165, 1.54) is 11.3 Å². The molecule has 1 aliphatic rings. The highest BCUT2D eigenvalue weighted by molar-refractivity contribution is 7.80. The lowest BCUT2D eigenvalue weighted by atomic mass is 9.75. The summed E-state index contributed by atoms with van der Waals surface area (Å²) in [7, 11) is 1.71. The fourth-order valence-electron chi connectivity index (χ4n) is 7.80. The van der Waals surface area contributed by atoms with Crippen molar-refractivity contribution >= 4 is 46.1 Å². The normalized spacial score (nSPS) is 21.4. The highest BCUT2D eigenvalue weighted by Crippen LogP contribution is 2.35. The summed E-state index contributed by atoms with van der Waals surface area (Å²) in [6, 6.07) is -0.354. The number of aromatic nitrogens is 1. The van der Waals surface area contributed by atoms with E-state index in [-0.39, 0.29) is 77.5 Å². The molecule has 10 heteroatoms. The molecule has 2 rings (SSSR count). The lowest BCUT2D eigenvalue weighted by Crippen LogP contribution is -2.47. The number of rotatable bonds is 20. The Kier molecular flexibility index (Phi) is 17.7. The van der Waals surface area contributed by atoms with Gasteiger partial charge in [-0.25, -0.2) is 4.98 Å². The van der Waals surface area contributed by atoms with E-state index in [0.29, 0.717) is 31.2 Å². The van der Waals surface area contributed by atoms with Crippen LogP contribution in [0.4, 0.5) is 0 Å². The van der Waals surface area contributed by atoms with E-state index in [1.807, 2.05) is 31.1 Å². The molecule has 1 aromatic rings. The minimum absolute atomic E-state index is 0.00697. The molecule has 0 saturated carbocycles. The third kappa shape index (κ3) is 11.3. The first-order valence-corrected chi connectivity index (χ1v) is 19.7. The number of carbonyl (C=O) groups is 3.